The molecule has 0 saturated carbocycles. The van der Waals surface area contributed by atoms with Crippen LogP contribution >= 0.6 is 15.9 Å². The fraction of sp³-hybridized carbons (Fsp3) is 0.160. The van der Waals surface area contributed by atoms with Gasteiger partial charge in [0.15, 0.2) is 0 Å². The van der Waals surface area contributed by atoms with E-state index in [-0.39, 0.29) is 0 Å². The van der Waals surface area contributed by atoms with Gasteiger partial charge < -0.3 is 14.2 Å². The third kappa shape index (κ3) is 6.92. The Labute approximate surface area is 200 Å². The lowest BCUT2D eigenvalue weighted by molar-refractivity contribution is 0.0734. The van der Waals surface area contributed by atoms with Crippen molar-refractivity contribution in [3.8, 4) is 17.2 Å². The Morgan fingerprint density at radius 1 is 1.00 bits per heavy atom. The number of methoxy groups -OCH3 is 1. The van der Waals surface area contributed by atoms with Crippen molar-refractivity contribution < 1.29 is 23.8 Å². The zero-order valence-electron chi connectivity index (χ0n) is 18.2. The quantitative estimate of drug-likeness (QED) is 0.184. The molecule has 0 bridgehead atoms. The van der Waals surface area contributed by atoms with Crippen molar-refractivity contribution in [3.05, 3.63) is 87.9 Å². The summed E-state index contributed by atoms with van der Waals surface area (Å²) in [5.41, 5.74) is 3.75. The molecule has 0 atom stereocenters. The highest BCUT2D eigenvalue weighted by molar-refractivity contribution is 9.10. The molecule has 0 heterocycles. The molecule has 0 fully saturated rings. The van der Waals surface area contributed by atoms with E-state index in [9.17, 15) is 9.59 Å². The topological polar surface area (TPSA) is 86.2 Å². The van der Waals surface area contributed by atoms with Crippen molar-refractivity contribution >= 4 is 34.0 Å². The lowest BCUT2D eigenvalue weighted by atomic mass is 10.2. The normalized spacial score (nSPS) is 10.6. The van der Waals surface area contributed by atoms with Gasteiger partial charge in [-0.05, 0) is 67.1 Å². The molecule has 0 radical (unpaired) electrons. The van der Waals surface area contributed by atoms with Crippen molar-refractivity contribution in [2.75, 3.05) is 13.7 Å². The smallest absolute Gasteiger partial charge is 0.343 e. The first-order valence-electron chi connectivity index (χ1n) is 10.2. The van der Waals surface area contributed by atoms with Crippen molar-refractivity contribution in [3.63, 3.8) is 0 Å². The number of amides is 1. The maximum Gasteiger partial charge on any atom is 0.343 e. The van der Waals surface area contributed by atoms with Crippen LogP contribution in [0.25, 0.3) is 0 Å². The number of rotatable bonds is 9. The van der Waals surface area contributed by atoms with Gasteiger partial charge in [0.25, 0.3) is 5.91 Å². The lowest BCUT2D eigenvalue weighted by Gasteiger charge is -2.09. The van der Waals surface area contributed by atoms with Gasteiger partial charge in [0.05, 0.1) is 25.5 Å². The van der Waals surface area contributed by atoms with Gasteiger partial charge in [-0.3, -0.25) is 4.79 Å². The van der Waals surface area contributed by atoms with Crippen LogP contribution in [-0.4, -0.2) is 31.8 Å². The second-order valence-electron chi connectivity index (χ2n) is 6.88. The lowest BCUT2D eigenvalue weighted by Crippen LogP contribution is -2.17. The average molecular weight is 511 g/mol. The summed E-state index contributed by atoms with van der Waals surface area (Å²) in [4.78, 5) is 24.9. The maximum atomic E-state index is 12.6. The minimum atomic E-state index is -0.519. The summed E-state index contributed by atoms with van der Waals surface area (Å²) in [6, 6.07) is 18.6. The number of halogens is 1. The molecule has 0 aromatic heterocycles. The van der Waals surface area contributed by atoms with Gasteiger partial charge in [-0.25, -0.2) is 10.2 Å². The summed E-state index contributed by atoms with van der Waals surface area (Å²) >= 11 is 3.39. The first-order chi connectivity index (χ1) is 16.0. The molecule has 1 amide bonds. The summed E-state index contributed by atoms with van der Waals surface area (Å²) in [6.07, 6.45) is 2.31. The van der Waals surface area contributed by atoms with Crippen molar-refractivity contribution in [2.24, 2.45) is 5.10 Å². The summed E-state index contributed by atoms with van der Waals surface area (Å²) in [5, 5.41) is 4.00. The molecule has 33 heavy (non-hydrogen) atoms. The Hall–Kier alpha value is -3.65. The molecule has 3 aromatic rings. The van der Waals surface area contributed by atoms with E-state index in [1.54, 1.807) is 66.7 Å². The minimum Gasteiger partial charge on any atom is -0.497 e. The van der Waals surface area contributed by atoms with Crippen LogP contribution in [-0.2, 0) is 0 Å². The predicted molar refractivity (Wildman–Crippen MR) is 129 cm³/mol. The molecule has 0 aliphatic rings. The van der Waals surface area contributed by atoms with E-state index in [1.807, 2.05) is 6.92 Å². The van der Waals surface area contributed by atoms with Crippen LogP contribution in [0.4, 0.5) is 0 Å². The van der Waals surface area contributed by atoms with Crippen LogP contribution in [0.2, 0.25) is 0 Å². The average Bonchev–Trinajstić information content (AvgIpc) is 2.84. The Kier molecular flexibility index (Phi) is 8.60. The van der Waals surface area contributed by atoms with Crippen LogP contribution in [0, 0.1) is 0 Å². The zero-order chi connectivity index (χ0) is 23.6. The van der Waals surface area contributed by atoms with Crippen LogP contribution in [0.5, 0.6) is 17.2 Å². The van der Waals surface area contributed by atoms with E-state index in [1.165, 1.54) is 13.3 Å². The van der Waals surface area contributed by atoms with E-state index in [0.29, 0.717) is 40.5 Å². The number of esters is 1. The number of hydrogen-bond donors (Lipinski definition) is 1. The number of carbonyl (C=O) groups excluding carboxylic acids is 2. The molecule has 7 nitrogen and oxygen atoms in total. The standard InChI is InChI=1S/C25H23BrN2O5/c1-3-13-32-21-10-7-17(8-11-21)25(30)33-23-12-9-20(26)14-19(23)16-27-28-24(29)18-5-4-6-22(15-18)31-2/h4-12,14-16H,3,13H2,1-2H3,(H,28,29)/b27-16+. The minimum absolute atomic E-state index is 0.300. The Bertz CT molecular complexity index is 1150. The molecular weight excluding hydrogens is 488 g/mol. The van der Waals surface area contributed by atoms with Crippen molar-refractivity contribution in [1.29, 1.82) is 0 Å². The largest absolute Gasteiger partial charge is 0.497 e. The maximum absolute atomic E-state index is 12.6. The monoisotopic (exact) mass is 510 g/mol. The number of hydrazone groups is 1. The summed E-state index contributed by atoms with van der Waals surface area (Å²) in [7, 11) is 1.53. The number of nitrogens with one attached hydrogen (secondary N) is 1. The molecule has 1 N–H and O–H groups in total. The van der Waals surface area contributed by atoms with E-state index in [4.69, 9.17) is 14.2 Å². The molecule has 3 rings (SSSR count). The van der Waals surface area contributed by atoms with Crippen LogP contribution in [0.15, 0.2) is 76.3 Å². The molecule has 8 heteroatoms. The highest BCUT2D eigenvalue weighted by Crippen LogP contribution is 2.23. The van der Waals surface area contributed by atoms with E-state index >= 15 is 0 Å². The Balaban J connectivity index is 1.69. The van der Waals surface area contributed by atoms with Gasteiger partial charge >= 0.3 is 5.97 Å². The summed E-state index contributed by atoms with van der Waals surface area (Å²) < 4.78 is 17.0. The van der Waals surface area contributed by atoms with Gasteiger partial charge in [0.2, 0.25) is 0 Å². The molecule has 0 unspecified atom stereocenters. The second kappa shape index (κ2) is 11.8. The Morgan fingerprint density at radius 3 is 2.52 bits per heavy atom. The van der Waals surface area contributed by atoms with Crippen LogP contribution in [0.1, 0.15) is 39.6 Å². The van der Waals surface area contributed by atoms with E-state index < -0.39 is 11.9 Å². The number of hydrogen-bond acceptors (Lipinski definition) is 6. The van der Waals surface area contributed by atoms with Crippen LogP contribution in [0.3, 0.4) is 0 Å². The van der Waals surface area contributed by atoms with Gasteiger partial charge in [-0.1, -0.05) is 28.9 Å². The molecule has 170 valence electrons. The first-order valence-corrected chi connectivity index (χ1v) is 11.0. The highest BCUT2D eigenvalue weighted by Gasteiger charge is 2.12. The highest BCUT2D eigenvalue weighted by atomic mass is 79.9. The molecule has 0 aliphatic carbocycles. The number of carbonyl (C=O) groups is 2. The third-order valence-electron chi connectivity index (χ3n) is 4.44. The van der Waals surface area contributed by atoms with E-state index in [2.05, 4.69) is 26.5 Å². The van der Waals surface area contributed by atoms with Crippen molar-refractivity contribution in [1.82, 2.24) is 5.43 Å². The first kappa shape index (κ1) is 24.0. The molecule has 0 spiro atoms. The summed E-state index contributed by atoms with van der Waals surface area (Å²) in [5.74, 6) is 0.641. The predicted octanol–water partition coefficient (Wildman–Crippen LogP) is 5.23. The third-order valence-corrected chi connectivity index (χ3v) is 4.93. The van der Waals surface area contributed by atoms with Gasteiger partial charge in [0, 0.05) is 15.6 Å². The van der Waals surface area contributed by atoms with Crippen molar-refractivity contribution in [2.45, 2.75) is 13.3 Å². The second-order valence-corrected chi connectivity index (χ2v) is 7.79. The van der Waals surface area contributed by atoms with Gasteiger partial charge in [0.1, 0.15) is 17.2 Å². The van der Waals surface area contributed by atoms with Crippen LogP contribution < -0.4 is 19.6 Å². The van der Waals surface area contributed by atoms with Gasteiger partial charge in [-0.15, -0.1) is 0 Å². The Morgan fingerprint density at radius 2 is 1.79 bits per heavy atom. The molecular formula is C25H23BrN2O5. The van der Waals surface area contributed by atoms with E-state index in [0.717, 1.165) is 10.9 Å². The number of ether oxygens (including phenoxy) is 3. The SMILES string of the molecule is CCCOc1ccc(C(=O)Oc2ccc(Br)cc2/C=N/NC(=O)c2cccc(OC)c2)cc1. The molecule has 3 aromatic carbocycles. The summed E-state index contributed by atoms with van der Waals surface area (Å²) in [6.45, 7) is 2.63. The number of nitrogens with zero attached hydrogens (tertiary/aromatic N) is 1. The fourth-order valence-corrected chi connectivity index (χ4v) is 3.15. The fourth-order valence-electron chi connectivity index (χ4n) is 2.77. The molecule has 0 aliphatic heterocycles. The number of benzene rings is 3. The van der Waals surface area contributed by atoms with Gasteiger partial charge in [-0.2, -0.15) is 5.10 Å². The molecule has 0 saturated heterocycles. The zero-order valence-corrected chi connectivity index (χ0v) is 19.8.